The Morgan fingerprint density at radius 3 is 2.07 bits per heavy atom. The molecule has 0 saturated carbocycles. The lowest BCUT2D eigenvalue weighted by Gasteiger charge is -2.14. The third-order valence-electron chi connectivity index (χ3n) is 1.38. The Kier molecular flexibility index (Phi) is 9.53. The topological polar surface area (TPSA) is 90.2 Å². The van der Waals surface area contributed by atoms with Gasteiger partial charge in [0.05, 0.1) is 6.07 Å². The Morgan fingerprint density at radius 1 is 1.47 bits per heavy atom. The van der Waals surface area contributed by atoms with Gasteiger partial charge in [0.2, 0.25) is 5.91 Å². The first-order valence-electron chi connectivity index (χ1n) is 4.65. The number of carbonyl (C=O) groups is 2. The lowest BCUT2D eigenvalue weighted by atomic mass is 10.0. The number of aliphatic carboxylic acids is 1. The van der Waals surface area contributed by atoms with Crippen molar-refractivity contribution in [3.63, 3.8) is 0 Å². The molecule has 0 saturated heterocycles. The summed E-state index contributed by atoms with van der Waals surface area (Å²) in [5.74, 6) is -1.01. The molecule has 0 radical (unpaired) electrons. The van der Waals surface area contributed by atoms with Crippen LogP contribution in [-0.4, -0.2) is 23.0 Å². The van der Waals surface area contributed by atoms with E-state index in [4.69, 9.17) is 10.4 Å². The molecule has 0 fully saturated rings. The fraction of sp³-hybridized carbons (Fsp3) is 0.700. The highest BCUT2D eigenvalue weighted by Gasteiger charge is 2.18. The number of nitrogens with zero attached hydrogens (tertiary/aromatic N) is 1. The molecule has 86 valence electrons. The number of hydrogen-bond donors (Lipinski definition) is 2. The first-order chi connectivity index (χ1) is 6.84. The minimum Gasteiger partial charge on any atom is -0.480 e. The normalized spacial score (nSPS) is 10.7. The number of amides is 1. The molecule has 1 unspecified atom stereocenters. The van der Waals surface area contributed by atoms with Crippen LogP contribution in [0.15, 0.2) is 0 Å². The summed E-state index contributed by atoms with van der Waals surface area (Å²) in [4.78, 5) is 21.1. The van der Waals surface area contributed by atoms with Crippen molar-refractivity contribution in [1.82, 2.24) is 5.32 Å². The van der Waals surface area contributed by atoms with E-state index in [0.29, 0.717) is 6.42 Å². The summed E-state index contributed by atoms with van der Waals surface area (Å²) in [7, 11) is 0. The van der Waals surface area contributed by atoms with Crippen molar-refractivity contribution in [2.75, 3.05) is 0 Å². The fourth-order valence-corrected chi connectivity index (χ4v) is 0.938. The number of hydrogen-bond acceptors (Lipinski definition) is 3. The zero-order chi connectivity index (χ0) is 12.4. The second-order valence-electron chi connectivity index (χ2n) is 3.44. The quantitative estimate of drug-likeness (QED) is 0.734. The Bertz CT molecular complexity index is 244. The Morgan fingerprint density at radius 2 is 1.87 bits per heavy atom. The van der Waals surface area contributed by atoms with Crippen LogP contribution in [0.1, 0.15) is 34.1 Å². The molecule has 0 aliphatic heterocycles. The van der Waals surface area contributed by atoms with Crippen LogP contribution in [0.2, 0.25) is 0 Å². The molecule has 5 nitrogen and oxygen atoms in total. The van der Waals surface area contributed by atoms with Crippen molar-refractivity contribution in [3.05, 3.63) is 0 Å². The van der Waals surface area contributed by atoms with E-state index in [1.165, 1.54) is 13.8 Å². The summed E-state index contributed by atoms with van der Waals surface area (Å²) < 4.78 is 0. The Labute approximate surface area is 90.1 Å². The first kappa shape index (κ1) is 15.9. The van der Waals surface area contributed by atoms with Crippen LogP contribution in [0.5, 0.6) is 0 Å². The highest BCUT2D eigenvalue weighted by Crippen LogP contribution is 2.04. The van der Waals surface area contributed by atoms with Gasteiger partial charge in [0.15, 0.2) is 0 Å². The van der Waals surface area contributed by atoms with Gasteiger partial charge in [-0.2, -0.15) is 5.26 Å². The standard InChI is InChI=1S/C8H15NO3.C2H3N/c1-5(2)4-7(8(11)12)9-6(3)10;1-2-3/h5,7H,4H2,1-3H3,(H,9,10)(H,11,12);1H3. The largest absolute Gasteiger partial charge is 0.480 e. The third kappa shape index (κ3) is 12.4. The van der Waals surface area contributed by atoms with Gasteiger partial charge in [0.25, 0.3) is 0 Å². The van der Waals surface area contributed by atoms with E-state index in [1.807, 2.05) is 13.8 Å². The average molecular weight is 214 g/mol. The minimum atomic E-state index is -0.973. The molecular weight excluding hydrogens is 196 g/mol. The van der Waals surface area contributed by atoms with Gasteiger partial charge in [-0.3, -0.25) is 4.79 Å². The third-order valence-corrected chi connectivity index (χ3v) is 1.38. The van der Waals surface area contributed by atoms with Crippen molar-refractivity contribution < 1.29 is 14.7 Å². The molecule has 5 heteroatoms. The Balaban J connectivity index is 0. The van der Waals surface area contributed by atoms with Crippen molar-refractivity contribution in [2.24, 2.45) is 5.92 Å². The van der Waals surface area contributed by atoms with Gasteiger partial charge in [-0.25, -0.2) is 4.79 Å². The summed E-state index contributed by atoms with van der Waals surface area (Å²) in [5.41, 5.74) is 0. The zero-order valence-corrected chi connectivity index (χ0v) is 9.57. The number of carboxylic acid groups (broad SMARTS) is 1. The monoisotopic (exact) mass is 214 g/mol. The van der Waals surface area contributed by atoms with Crippen LogP contribution >= 0.6 is 0 Å². The van der Waals surface area contributed by atoms with Gasteiger partial charge in [0.1, 0.15) is 6.04 Å². The lowest BCUT2D eigenvalue weighted by molar-refractivity contribution is -0.142. The van der Waals surface area contributed by atoms with Gasteiger partial charge < -0.3 is 10.4 Å². The molecule has 0 aromatic carbocycles. The van der Waals surface area contributed by atoms with Crippen LogP contribution in [0, 0.1) is 17.2 Å². The van der Waals surface area contributed by atoms with Crippen molar-refractivity contribution in [3.8, 4) is 6.07 Å². The van der Waals surface area contributed by atoms with E-state index in [1.54, 1.807) is 6.07 Å². The molecule has 0 spiro atoms. The van der Waals surface area contributed by atoms with Gasteiger partial charge in [-0.1, -0.05) is 13.8 Å². The second-order valence-corrected chi connectivity index (χ2v) is 3.44. The number of nitrogens with one attached hydrogen (secondary N) is 1. The molecule has 15 heavy (non-hydrogen) atoms. The van der Waals surface area contributed by atoms with E-state index in [9.17, 15) is 9.59 Å². The molecule has 1 amide bonds. The van der Waals surface area contributed by atoms with E-state index in [0.717, 1.165) is 0 Å². The molecule has 0 aliphatic rings. The summed E-state index contributed by atoms with van der Waals surface area (Å²) in [5, 5.41) is 18.3. The van der Waals surface area contributed by atoms with E-state index in [2.05, 4.69) is 5.32 Å². The van der Waals surface area contributed by atoms with Gasteiger partial charge in [-0.15, -0.1) is 0 Å². The average Bonchev–Trinajstić information content (AvgIpc) is 2.02. The van der Waals surface area contributed by atoms with Crippen molar-refractivity contribution in [2.45, 2.75) is 40.2 Å². The Hall–Kier alpha value is -1.57. The van der Waals surface area contributed by atoms with Crippen molar-refractivity contribution in [1.29, 1.82) is 5.26 Å². The molecule has 2 N–H and O–H groups in total. The molecule has 0 aromatic rings. The molecule has 0 aromatic heterocycles. The number of carbonyl (C=O) groups excluding carboxylic acids is 1. The maximum Gasteiger partial charge on any atom is 0.326 e. The summed E-state index contributed by atoms with van der Waals surface area (Å²) in [6.07, 6.45) is 0.467. The maximum atomic E-state index is 10.6. The van der Waals surface area contributed by atoms with Crippen molar-refractivity contribution >= 4 is 11.9 Å². The molecule has 1 atom stereocenters. The number of carboxylic acids is 1. The second kappa shape index (κ2) is 9.00. The highest BCUT2D eigenvalue weighted by atomic mass is 16.4. The van der Waals surface area contributed by atoms with Crippen LogP contribution in [0.25, 0.3) is 0 Å². The van der Waals surface area contributed by atoms with E-state index in [-0.39, 0.29) is 11.8 Å². The summed E-state index contributed by atoms with van der Waals surface area (Å²) in [6, 6.07) is 1.00. The van der Waals surface area contributed by atoms with Crippen LogP contribution in [-0.2, 0) is 9.59 Å². The zero-order valence-electron chi connectivity index (χ0n) is 9.57. The van der Waals surface area contributed by atoms with Crippen LogP contribution < -0.4 is 5.32 Å². The maximum absolute atomic E-state index is 10.6. The van der Waals surface area contributed by atoms with Crippen LogP contribution in [0.3, 0.4) is 0 Å². The first-order valence-corrected chi connectivity index (χ1v) is 4.65. The molecular formula is C10H18N2O3. The predicted octanol–water partition coefficient (Wildman–Crippen LogP) is 1.15. The van der Waals surface area contributed by atoms with Crippen LogP contribution in [0.4, 0.5) is 0 Å². The number of nitriles is 1. The minimum absolute atomic E-state index is 0.262. The SMILES string of the molecule is CC#N.CC(=O)NC(CC(C)C)C(=O)O. The lowest BCUT2D eigenvalue weighted by Crippen LogP contribution is -2.40. The van der Waals surface area contributed by atoms with E-state index >= 15 is 0 Å². The van der Waals surface area contributed by atoms with Gasteiger partial charge in [0, 0.05) is 13.8 Å². The molecule has 0 heterocycles. The highest BCUT2D eigenvalue weighted by molar-refractivity contribution is 5.81. The van der Waals surface area contributed by atoms with E-state index < -0.39 is 12.0 Å². The van der Waals surface area contributed by atoms with Gasteiger partial charge in [-0.05, 0) is 12.3 Å². The van der Waals surface area contributed by atoms with Gasteiger partial charge >= 0.3 is 5.97 Å². The summed E-state index contributed by atoms with van der Waals surface area (Å²) >= 11 is 0. The smallest absolute Gasteiger partial charge is 0.326 e. The predicted molar refractivity (Wildman–Crippen MR) is 56.0 cm³/mol. The number of rotatable bonds is 4. The fourth-order valence-electron chi connectivity index (χ4n) is 0.938. The molecule has 0 aliphatic carbocycles. The molecule has 0 bridgehead atoms. The molecule has 0 rings (SSSR count). The summed E-state index contributed by atoms with van der Waals surface area (Å²) in [6.45, 7) is 6.58.